The summed E-state index contributed by atoms with van der Waals surface area (Å²) in [6.45, 7) is 6.91. The summed E-state index contributed by atoms with van der Waals surface area (Å²) in [6.07, 6.45) is 5.61. The highest BCUT2D eigenvalue weighted by molar-refractivity contribution is 7.89. The van der Waals surface area contributed by atoms with Crippen LogP contribution in [-0.4, -0.2) is 96.3 Å². The van der Waals surface area contributed by atoms with E-state index in [0.717, 1.165) is 63.0 Å². The van der Waals surface area contributed by atoms with E-state index in [-0.39, 0.29) is 4.90 Å². The monoisotopic (exact) mass is 455 g/mol. The number of rotatable bonds is 5. The van der Waals surface area contributed by atoms with Crippen molar-refractivity contribution in [2.45, 2.75) is 11.4 Å². The summed E-state index contributed by atoms with van der Waals surface area (Å²) >= 11 is 0. The Kier molecular flexibility index (Phi) is 5.85. The predicted octanol–water partition coefficient (Wildman–Crippen LogP) is 0.988. The molecule has 9 nitrogen and oxygen atoms in total. The summed E-state index contributed by atoms with van der Waals surface area (Å²) in [4.78, 5) is 16.2. The topological polar surface area (TPSA) is 77.3 Å². The van der Waals surface area contributed by atoms with E-state index >= 15 is 0 Å². The molecule has 2 fully saturated rings. The predicted molar refractivity (Wildman–Crippen MR) is 123 cm³/mol. The van der Waals surface area contributed by atoms with Crippen LogP contribution in [0.3, 0.4) is 0 Å². The van der Waals surface area contributed by atoms with E-state index in [0.29, 0.717) is 13.1 Å². The maximum Gasteiger partial charge on any atom is 0.244 e. The van der Waals surface area contributed by atoms with E-state index in [1.54, 1.807) is 10.4 Å². The number of imidazole rings is 1. The van der Waals surface area contributed by atoms with Crippen molar-refractivity contribution in [2.75, 3.05) is 64.3 Å². The van der Waals surface area contributed by atoms with Crippen molar-refractivity contribution in [3.63, 3.8) is 0 Å². The third-order valence-electron chi connectivity index (χ3n) is 6.32. The van der Waals surface area contributed by atoms with Crippen LogP contribution in [0.1, 0.15) is 5.69 Å². The summed E-state index contributed by atoms with van der Waals surface area (Å²) in [6, 6.07) is 9.55. The van der Waals surface area contributed by atoms with Gasteiger partial charge in [-0.1, -0.05) is 6.07 Å². The number of sulfonamides is 1. The molecule has 0 N–H and O–H groups in total. The first-order valence-corrected chi connectivity index (χ1v) is 12.5. The van der Waals surface area contributed by atoms with Crippen LogP contribution in [0.2, 0.25) is 0 Å². The Balaban J connectivity index is 1.18. The molecule has 3 aromatic heterocycles. The number of anilines is 1. The smallest absolute Gasteiger partial charge is 0.244 e. The Bertz CT molecular complexity index is 1130. The van der Waals surface area contributed by atoms with E-state index in [1.165, 1.54) is 6.20 Å². The summed E-state index contributed by atoms with van der Waals surface area (Å²) in [5, 5.41) is 0. The van der Waals surface area contributed by atoms with Gasteiger partial charge in [0.1, 0.15) is 16.4 Å². The Labute approximate surface area is 188 Å². The average Bonchev–Trinajstić information content (AvgIpc) is 3.22. The SMILES string of the molecule is CN1CCN(S(=O)(=O)c2ccc(N3CCN(Cc4cn5ccccc5n4)CC3)nc2)CC1. The van der Waals surface area contributed by atoms with Crippen LogP contribution in [-0.2, 0) is 16.6 Å². The molecule has 5 rings (SSSR count). The van der Waals surface area contributed by atoms with Gasteiger partial charge in [-0.2, -0.15) is 4.31 Å². The minimum atomic E-state index is -3.48. The quantitative estimate of drug-likeness (QED) is 0.568. The van der Waals surface area contributed by atoms with E-state index in [4.69, 9.17) is 4.98 Å². The molecule has 5 heterocycles. The number of aromatic nitrogens is 3. The van der Waals surface area contributed by atoms with Gasteiger partial charge < -0.3 is 14.2 Å². The highest BCUT2D eigenvalue weighted by atomic mass is 32.2. The number of fused-ring (bicyclic) bond motifs is 1. The number of piperazine rings is 2. The van der Waals surface area contributed by atoms with Crippen molar-refractivity contribution in [2.24, 2.45) is 0 Å². The molecule has 0 spiro atoms. The van der Waals surface area contributed by atoms with Crippen LogP contribution in [0.4, 0.5) is 5.82 Å². The van der Waals surface area contributed by atoms with Crippen LogP contribution in [0.15, 0.2) is 53.8 Å². The molecule has 0 amide bonds. The molecule has 170 valence electrons. The third-order valence-corrected chi connectivity index (χ3v) is 8.20. The summed E-state index contributed by atoms with van der Waals surface area (Å²) < 4.78 is 29.4. The standard InChI is InChI=1S/C22H29N7O2S/c1-25-8-14-29(15-9-25)32(30,31)20-5-6-21(23-16-20)27-12-10-26(11-13-27)17-19-18-28-7-3-2-4-22(28)24-19/h2-7,16,18H,8-15,17H2,1H3. The second-order valence-electron chi connectivity index (χ2n) is 8.52. The Morgan fingerprint density at radius 2 is 1.72 bits per heavy atom. The van der Waals surface area contributed by atoms with Crippen molar-refractivity contribution >= 4 is 21.5 Å². The lowest BCUT2D eigenvalue weighted by atomic mass is 10.3. The maximum atomic E-state index is 12.9. The van der Waals surface area contributed by atoms with E-state index in [2.05, 4.69) is 25.9 Å². The first kappa shape index (κ1) is 21.3. The van der Waals surface area contributed by atoms with Gasteiger partial charge in [0.15, 0.2) is 0 Å². The van der Waals surface area contributed by atoms with Crippen molar-refractivity contribution < 1.29 is 8.42 Å². The van der Waals surface area contributed by atoms with Gasteiger partial charge in [0.05, 0.1) is 5.69 Å². The van der Waals surface area contributed by atoms with Gasteiger partial charge in [-0.15, -0.1) is 0 Å². The zero-order valence-electron chi connectivity index (χ0n) is 18.3. The van der Waals surface area contributed by atoms with Gasteiger partial charge >= 0.3 is 0 Å². The Morgan fingerprint density at radius 3 is 2.41 bits per heavy atom. The zero-order valence-corrected chi connectivity index (χ0v) is 19.2. The van der Waals surface area contributed by atoms with Gasteiger partial charge in [0.25, 0.3) is 0 Å². The molecule has 2 saturated heterocycles. The maximum absolute atomic E-state index is 12.9. The molecule has 10 heteroatoms. The lowest BCUT2D eigenvalue weighted by Crippen LogP contribution is -2.47. The second kappa shape index (κ2) is 8.78. The normalized spacial score (nSPS) is 19.6. The molecule has 2 aliphatic rings. The highest BCUT2D eigenvalue weighted by Gasteiger charge is 2.28. The first-order valence-electron chi connectivity index (χ1n) is 11.0. The molecule has 0 aliphatic carbocycles. The highest BCUT2D eigenvalue weighted by Crippen LogP contribution is 2.21. The van der Waals surface area contributed by atoms with Gasteiger partial charge in [0, 0.05) is 77.5 Å². The van der Waals surface area contributed by atoms with Crippen LogP contribution < -0.4 is 4.90 Å². The van der Waals surface area contributed by atoms with Crippen LogP contribution in [0, 0.1) is 0 Å². The molecule has 0 aromatic carbocycles. The van der Waals surface area contributed by atoms with Crippen LogP contribution >= 0.6 is 0 Å². The fraction of sp³-hybridized carbons (Fsp3) is 0.455. The fourth-order valence-electron chi connectivity index (χ4n) is 4.32. The molecule has 0 radical (unpaired) electrons. The van der Waals surface area contributed by atoms with Crippen LogP contribution in [0.5, 0.6) is 0 Å². The Hall–Kier alpha value is -2.53. The molecule has 2 aliphatic heterocycles. The molecule has 0 bridgehead atoms. The number of hydrogen-bond donors (Lipinski definition) is 0. The van der Waals surface area contributed by atoms with Crippen LogP contribution in [0.25, 0.3) is 5.65 Å². The molecule has 3 aromatic rings. The lowest BCUT2D eigenvalue weighted by molar-refractivity contribution is 0.222. The van der Waals surface area contributed by atoms with Crippen molar-refractivity contribution in [3.05, 3.63) is 54.6 Å². The third kappa shape index (κ3) is 4.36. The number of hydrogen-bond acceptors (Lipinski definition) is 7. The van der Waals surface area contributed by atoms with E-state index < -0.39 is 10.0 Å². The largest absolute Gasteiger partial charge is 0.354 e. The second-order valence-corrected chi connectivity index (χ2v) is 10.5. The van der Waals surface area contributed by atoms with Gasteiger partial charge in [0.2, 0.25) is 10.0 Å². The van der Waals surface area contributed by atoms with Crippen molar-refractivity contribution in [1.82, 2.24) is 28.5 Å². The fourth-order valence-corrected chi connectivity index (χ4v) is 5.69. The van der Waals surface area contributed by atoms with Gasteiger partial charge in [-0.05, 0) is 31.3 Å². The summed E-state index contributed by atoms with van der Waals surface area (Å²) in [7, 11) is -1.47. The number of nitrogens with zero attached hydrogens (tertiary/aromatic N) is 7. The van der Waals surface area contributed by atoms with Gasteiger partial charge in [-0.3, -0.25) is 4.90 Å². The van der Waals surface area contributed by atoms with Gasteiger partial charge in [-0.25, -0.2) is 18.4 Å². The number of likely N-dealkylation sites (N-methyl/N-ethyl adjacent to an activating group) is 1. The average molecular weight is 456 g/mol. The Morgan fingerprint density at radius 1 is 0.938 bits per heavy atom. The first-order chi connectivity index (χ1) is 15.5. The molecular formula is C22H29N7O2S. The minimum absolute atomic E-state index is 0.274. The number of pyridine rings is 2. The minimum Gasteiger partial charge on any atom is -0.354 e. The van der Waals surface area contributed by atoms with Crippen molar-refractivity contribution in [1.29, 1.82) is 0 Å². The zero-order chi connectivity index (χ0) is 22.1. The van der Waals surface area contributed by atoms with Crippen molar-refractivity contribution in [3.8, 4) is 0 Å². The molecule has 32 heavy (non-hydrogen) atoms. The van der Waals surface area contributed by atoms with E-state index in [9.17, 15) is 8.42 Å². The summed E-state index contributed by atoms with van der Waals surface area (Å²) in [5.41, 5.74) is 2.04. The summed E-state index contributed by atoms with van der Waals surface area (Å²) in [5.74, 6) is 0.828. The lowest BCUT2D eigenvalue weighted by Gasteiger charge is -2.35. The molecule has 0 saturated carbocycles. The molecular weight excluding hydrogens is 426 g/mol. The molecule has 0 atom stereocenters. The van der Waals surface area contributed by atoms with E-state index in [1.807, 2.05) is 41.9 Å². The molecule has 0 unspecified atom stereocenters.